The second kappa shape index (κ2) is 11.1. The molecule has 1 aliphatic rings. The van der Waals surface area contributed by atoms with Crippen molar-refractivity contribution < 1.29 is 19.1 Å². The molecule has 0 radical (unpaired) electrons. The minimum absolute atomic E-state index is 0.129. The molecule has 1 saturated heterocycles. The first kappa shape index (κ1) is 25.9. The van der Waals surface area contributed by atoms with Crippen molar-refractivity contribution in [1.29, 1.82) is 0 Å². The first-order valence-electron chi connectivity index (χ1n) is 11.2. The maximum absolute atomic E-state index is 12.8. The van der Waals surface area contributed by atoms with Crippen LogP contribution < -0.4 is 5.32 Å². The second-order valence-electron chi connectivity index (χ2n) is 9.09. The van der Waals surface area contributed by atoms with E-state index in [1.165, 1.54) is 0 Å². The van der Waals surface area contributed by atoms with Gasteiger partial charge in [-0.2, -0.15) is 0 Å². The van der Waals surface area contributed by atoms with Crippen LogP contribution in [0.1, 0.15) is 42.9 Å². The van der Waals surface area contributed by atoms with Gasteiger partial charge < -0.3 is 19.7 Å². The molecule has 1 N–H and O–H groups in total. The summed E-state index contributed by atoms with van der Waals surface area (Å²) in [6.07, 6.45) is 1.23. The molecule has 0 saturated carbocycles. The molecule has 10 heteroatoms. The first-order chi connectivity index (χ1) is 16.1. The van der Waals surface area contributed by atoms with Gasteiger partial charge in [0.05, 0.1) is 18.3 Å². The van der Waals surface area contributed by atoms with Gasteiger partial charge in [0.25, 0.3) is 5.91 Å². The highest BCUT2D eigenvalue weighted by molar-refractivity contribution is 6.29. The third-order valence-corrected chi connectivity index (χ3v) is 5.64. The Hall–Kier alpha value is -2.75. The van der Waals surface area contributed by atoms with Gasteiger partial charge in [0.2, 0.25) is 0 Å². The zero-order valence-electron chi connectivity index (χ0n) is 20.3. The summed E-state index contributed by atoms with van der Waals surface area (Å²) >= 11 is 6.43. The minimum atomic E-state index is -0.573. The number of halogens is 1. The number of piperazine rings is 1. The Morgan fingerprint density at radius 3 is 2.68 bits per heavy atom. The molecule has 3 rings (SSSR count). The number of hydrogen-bond donors (Lipinski definition) is 1. The molecule has 1 fully saturated rings. The lowest BCUT2D eigenvalue weighted by atomic mass is 10.0. The highest BCUT2D eigenvalue weighted by Crippen LogP contribution is 2.31. The highest BCUT2D eigenvalue weighted by Gasteiger charge is 2.33. The fourth-order valence-corrected chi connectivity index (χ4v) is 4.02. The van der Waals surface area contributed by atoms with E-state index in [2.05, 4.69) is 20.2 Å². The maximum atomic E-state index is 12.8. The Morgan fingerprint density at radius 1 is 1.24 bits per heavy atom. The van der Waals surface area contributed by atoms with E-state index < -0.39 is 5.60 Å². The number of carbonyl (C=O) groups is 2. The molecule has 34 heavy (non-hydrogen) atoms. The van der Waals surface area contributed by atoms with Crippen LogP contribution in [-0.4, -0.2) is 84.3 Å². The van der Waals surface area contributed by atoms with Crippen molar-refractivity contribution in [3.63, 3.8) is 0 Å². The van der Waals surface area contributed by atoms with Crippen molar-refractivity contribution in [1.82, 2.24) is 25.1 Å². The van der Waals surface area contributed by atoms with Crippen LogP contribution in [0.2, 0.25) is 5.15 Å². The average Bonchev–Trinajstić information content (AvgIpc) is 2.80. The van der Waals surface area contributed by atoms with E-state index in [4.69, 9.17) is 21.1 Å². The molecule has 0 bridgehead atoms. The van der Waals surface area contributed by atoms with Gasteiger partial charge in [0, 0.05) is 52.1 Å². The Bertz CT molecular complexity index is 1030. The standard InChI is InChI=1S/C24H32ClN5O4/c1-24(2,3)34-23(32)30-9-8-29(10-11-33-5)20(15-30)17-13-18(28-21(25)14-17)16-6-7-27-19(12-16)22(31)26-4/h6-7,12-14,20H,8-11,15H2,1-5H3,(H,26,31)/t20-/m1/s1. The van der Waals surface area contributed by atoms with Crippen LogP contribution in [0.15, 0.2) is 30.5 Å². The van der Waals surface area contributed by atoms with E-state index in [-0.39, 0.29) is 18.0 Å². The van der Waals surface area contributed by atoms with Gasteiger partial charge in [-0.05, 0) is 50.6 Å². The smallest absolute Gasteiger partial charge is 0.410 e. The molecule has 1 atom stereocenters. The number of rotatable bonds is 6. The summed E-state index contributed by atoms with van der Waals surface area (Å²) in [5.41, 5.74) is 1.98. The predicted octanol–water partition coefficient (Wildman–Crippen LogP) is 3.40. The van der Waals surface area contributed by atoms with Gasteiger partial charge in [-0.1, -0.05) is 11.6 Å². The summed E-state index contributed by atoms with van der Waals surface area (Å²) in [7, 11) is 3.22. The summed E-state index contributed by atoms with van der Waals surface area (Å²) in [4.78, 5) is 37.4. The maximum Gasteiger partial charge on any atom is 0.410 e. The van der Waals surface area contributed by atoms with Gasteiger partial charge in [-0.25, -0.2) is 9.78 Å². The lowest BCUT2D eigenvalue weighted by Gasteiger charge is -2.41. The van der Waals surface area contributed by atoms with E-state index in [1.54, 1.807) is 37.4 Å². The molecule has 0 unspecified atom stereocenters. The molecule has 9 nitrogen and oxygen atoms in total. The fourth-order valence-electron chi connectivity index (χ4n) is 3.80. The molecule has 2 aromatic rings. The first-order valence-corrected chi connectivity index (χ1v) is 11.6. The number of ether oxygens (including phenoxy) is 2. The zero-order chi connectivity index (χ0) is 24.9. The topological polar surface area (TPSA) is 96.9 Å². The Kier molecular flexibility index (Phi) is 8.46. The predicted molar refractivity (Wildman–Crippen MR) is 130 cm³/mol. The summed E-state index contributed by atoms with van der Waals surface area (Å²) in [6.45, 7) is 8.50. The number of hydrogen-bond acceptors (Lipinski definition) is 7. The molecule has 0 spiro atoms. The van der Waals surface area contributed by atoms with Crippen LogP contribution in [0.3, 0.4) is 0 Å². The number of nitrogens with zero attached hydrogens (tertiary/aromatic N) is 4. The highest BCUT2D eigenvalue weighted by atomic mass is 35.5. The fraction of sp³-hybridized carbons (Fsp3) is 0.500. The molecule has 0 aromatic carbocycles. The third kappa shape index (κ3) is 6.65. The molecule has 0 aliphatic carbocycles. The molecular formula is C24H32ClN5O4. The Labute approximate surface area is 205 Å². The van der Waals surface area contributed by atoms with Crippen molar-refractivity contribution >= 4 is 23.6 Å². The lowest BCUT2D eigenvalue weighted by molar-refractivity contribution is -0.000209. The molecule has 3 heterocycles. The zero-order valence-corrected chi connectivity index (χ0v) is 21.1. The number of amides is 2. The van der Waals surface area contributed by atoms with Gasteiger partial charge in [0.15, 0.2) is 0 Å². The normalized spacial score (nSPS) is 16.9. The molecule has 184 valence electrons. The van der Waals surface area contributed by atoms with E-state index in [0.29, 0.717) is 49.3 Å². The number of methoxy groups -OCH3 is 1. The summed E-state index contributed by atoms with van der Waals surface area (Å²) in [5.74, 6) is -0.282. The number of carbonyl (C=O) groups excluding carboxylic acids is 2. The molecule has 2 amide bonds. The van der Waals surface area contributed by atoms with E-state index in [9.17, 15) is 9.59 Å². The largest absolute Gasteiger partial charge is 0.444 e. The number of pyridine rings is 2. The monoisotopic (exact) mass is 489 g/mol. The van der Waals surface area contributed by atoms with E-state index >= 15 is 0 Å². The minimum Gasteiger partial charge on any atom is -0.444 e. The van der Waals surface area contributed by atoms with Crippen molar-refractivity contribution in [2.24, 2.45) is 0 Å². The van der Waals surface area contributed by atoms with Crippen LogP contribution in [0.4, 0.5) is 4.79 Å². The van der Waals surface area contributed by atoms with Gasteiger partial charge in [0.1, 0.15) is 16.4 Å². The van der Waals surface area contributed by atoms with E-state index in [1.807, 2.05) is 32.9 Å². The van der Waals surface area contributed by atoms with Crippen LogP contribution in [0, 0.1) is 0 Å². The van der Waals surface area contributed by atoms with Gasteiger partial charge >= 0.3 is 6.09 Å². The van der Waals surface area contributed by atoms with Crippen molar-refractivity contribution in [3.8, 4) is 11.3 Å². The third-order valence-electron chi connectivity index (χ3n) is 5.44. The Balaban J connectivity index is 1.94. The SMILES string of the molecule is CNC(=O)c1cc(-c2cc([C@H]3CN(C(=O)OC(C)(C)C)CCN3CCOC)cc(Cl)n2)ccn1. The summed E-state index contributed by atoms with van der Waals surface area (Å²) in [6, 6.07) is 7.09. The molecule has 2 aromatic heterocycles. The lowest BCUT2D eigenvalue weighted by Crippen LogP contribution is -2.52. The van der Waals surface area contributed by atoms with Gasteiger partial charge in [-0.3, -0.25) is 14.7 Å². The summed E-state index contributed by atoms with van der Waals surface area (Å²) in [5, 5.41) is 2.90. The Morgan fingerprint density at radius 2 is 2.00 bits per heavy atom. The summed E-state index contributed by atoms with van der Waals surface area (Å²) < 4.78 is 10.9. The van der Waals surface area contributed by atoms with E-state index in [0.717, 1.165) is 11.1 Å². The number of nitrogens with one attached hydrogen (secondary N) is 1. The van der Waals surface area contributed by atoms with Crippen LogP contribution in [-0.2, 0) is 9.47 Å². The molecule has 1 aliphatic heterocycles. The van der Waals surface area contributed by atoms with Crippen LogP contribution in [0.5, 0.6) is 0 Å². The molecular weight excluding hydrogens is 458 g/mol. The second-order valence-corrected chi connectivity index (χ2v) is 9.48. The van der Waals surface area contributed by atoms with Crippen molar-refractivity contribution in [2.75, 3.05) is 46.9 Å². The van der Waals surface area contributed by atoms with Crippen molar-refractivity contribution in [2.45, 2.75) is 32.4 Å². The van der Waals surface area contributed by atoms with Gasteiger partial charge in [-0.15, -0.1) is 0 Å². The van der Waals surface area contributed by atoms with Crippen LogP contribution >= 0.6 is 11.6 Å². The van der Waals surface area contributed by atoms with Crippen molar-refractivity contribution in [3.05, 3.63) is 46.9 Å². The van der Waals surface area contributed by atoms with Crippen LogP contribution in [0.25, 0.3) is 11.3 Å². The number of aromatic nitrogens is 2. The quantitative estimate of drug-likeness (QED) is 0.621. The average molecular weight is 490 g/mol.